The second-order valence-corrected chi connectivity index (χ2v) is 7.40. The van der Waals surface area contributed by atoms with Crippen molar-refractivity contribution in [2.24, 2.45) is 0 Å². The minimum absolute atomic E-state index is 0.0568. The number of ether oxygens (including phenoxy) is 1. The van der Waals surface area contributed by atoms with Gasteiger partial charge in [0.25, 0.3) is 0 Å². The fourth-order valence-electron chi connectivity index (χ4n) is 3.54. The molecule has 2 aromatic rings. The first kappa shape index (κ1) is 20.5. The SMILES string of the molecule is Cc1ccc(C(OCCN2CCN(CCC(=O)O)CC2)c2ccccc2)cc1. The van der Waals surface area contributed by atoms with Gasteiger partial charge in [-0.15, -0.1) is 0 Å². The van der Waals surface area contributed by atoms with Crippen molar-refractivity contribution in [3.63, 3.8) is 0 Å². The van der Waals surface area contributed by atoms with Crippen LogP contribution < -0.4 is 0 Å². The molecule has 0 aromatic heterocycles. The summed E-state index contributed by atoms with van der Waals surface area (Å²) in [7, 11) is 0. The zero-order valence-corrected chi connectivity index (χ0v) is 16.6. The number of rotatable bonds is 9. The van der Waals surface area contributed by atoms with E-state index in [1.807, 2.05) is 6.07 Å². The van der Waals surface area contributed by atoms with Gasteiger partial charge in [-0.05, 0) is 18.1 Å². The molecule has 5 nitrogen and oxygen atoms in total. The van der Waals surface area contributed by atoms with E-state index in [9.17, 15) is 4.79 Å². The Labute approximate surface area is 167 Å². The van der Waals surface area contributed by atoms with Crippen LogP contribution in [0.1, 0.15) is 29.2 Å². The van der Waals surface area contributed by atoms with Crippen LogP contribution in [0.25, 0.3) is 0 Å². The highest BCUT2D eigenvalue weighted by Gasteiger charge is 2.19. The standard InChI is InChI=1S/C23H30N2O3/c1-19-7-9-21(10-8-19)23(20-5-3-2-4-6-20)28-18-17-25-15-13-24(14-16-25)12-11-22(26)27/h2-10,23H,11-18H2,1H3,(H,26,27). The number of aliphatic carboxylic acids is 1. The highest BCUT2D eigenvalue weighted by atomic mass is 16.5. The van der Waals surface area contributed by atoms with Crippen molar-refractivity contribution in [3.8, 4) is 0 Å². The number of nitrogens with zero attached hydrogens (tertiary/aromatic N) is 2. The summed E-state index contributed by atoms with van der Waals surface area (Å²) < 4.78 is 6.33. The van der Waals surface area contributed by atoms with Gasteiger partial charge < -0.3 is 14.7 Å². The first-order valence-electron chi connectivity index (χ1n) is 10.0. The molecule has 0 amide bonds. The maximum atomic E-state index is 10.7. The summed E-state index contributed by atoms with van der Waals surface area (Å²) in [6, 6.07) is 18.9. The molecule has 1 N–H and O–H groups in total. The molecule has 1 saturated heterocycles. The largest absolute Gasteiger partial charge is 0.481 e. The van der Waals surface area contributed by atoms with Crippen LogP contribution in [0.4, 0.5) is 0 Å². The van der Waals surface area contributed by atoms with Gasteiger partial charge in [0.2, 0.25) is 0 Å². The molecule has 1 aliphatic heterocycles. The monoisotopic (exact) mass is 382 g/mol. The average Bonchev–Trinajstić information content (AvgIpc) is 2.72. The van der Waals surface area contributed by atoms with Crippen molar-refractivity contribution in [3.05, 3.63) is 71.3 Å². The zero-order chi connectivity index (χ0) is 19.8. The molecule has 3 rings (SSSR count). The second-order valence-electron chi connectivity index (χ2n) is 7.40. The third kappa shape index (κ3) is 6.16. The smallest absolute Gasteiger partial charge is 0.304 e. The fraction of sp³-hybridized carbons (Fsp3) is 0.435. The summed E-state index contributed by atoms with van der Waals surface area (Å²) >= 11 is 0. The maximum absolute atomic E-state index is 10.7. The third-order valence-corrected chi connectivity index (χ3v) is 5.28. The Morgan fingerprint density at radius 1 is 0.929 bits per heavy atom. The summed E-state index contributed by atoms with van der Waals surface area (Å²) in [5.41, 5.74) is 3.59. The third-order valence-electron chi connectivity index (χ3n) is 5.28. The van der Waals surface area contributed by atoms with Crippen molar-refractivity contribution in [1.29, 1.82) is 0 Å². The summed E-state index contributed by atoms with van der Waals surface area (Å²) in [5.74, 6) is -0.723. The predicted molar refractivity (Wildman–Crippen MR) is 111 cm³/mol. The molecule has 2 aromatic carbocycles. The van der Waals surface area contributed by atoms with E-state index in [0.717, 1.165) is 32.7 Å². The topological polar surface area (TPSA) is 53.0 Å². The van der Waals surface area contributed by atoms with Crippen molar-refractivity contribution in [2.75, 3.05) is 45.9 Å². The highest BCUT2D eigenvalue weighted by molar-refractivity contribution is 5.66. The zero-order valence-electron chi connectivity index (χ0n) is 16.6. The normalized spacial score (nSPS) is 16.8. The molecule has 0 saturated carbocycles. The van der Waals surface area contributed by atoms with Crippen molar-refractivity contribution >= 4 is 5.97 Å². The number of carboxylic acids is 1. The van der Waals surface area contributed by atoms with Crippen LogP contribution in [-0.4, -0.2) is 66.8 Å². The molecule has 1 heterocycles. The minimum Gasteiger partial charge on any atom is -0.481 e. The second kappa shape index (κ2) is 10.4. The van der Waals surface area contributed by atoms with Crippen LogP contribution in [0, 0.1) is 6.92 Å². The molecular formula is C23H30N2O3. The Morgan fingerprint density at radius 2 is 1.50 bits per heavy atom. The number of piperazine rings is 1. The van der Waals surface area contributed by atoms with Gasteiger partial charge in [-0.1, -0.05) is 60.2 Å². The molecular weight excluding hydrogens is 352 g/mol. The van der Waals surface area contributed by atoms with Gasteiger partial charge in [0, 0.05) is 39.3 Å². The molecule has 0 aliphatic carbocycles. The summed E-state index contributed by atoms with van der Waals surface area (Å²) in [6.45, 7) is 8.07. The average molecular weight is 383 g/mol. The van der Waals surface area contributed by atoms with E-state index in [-0.39, 0.29) is 12.5 Å². The van der Waals surface area contributed by atoms with E-state index in [0.29, 0.717) is 13.2 Å². The van der Waals surface area contributed by atoms with Crippen LogP contribution in [0.15, 0.2) is 54.6 Å². The summed E-state index contributed by atoms with van der Waals surface area (Å²) in [4.78, 5) is 15.3. The van der Waals surface area contributed by atoms with Gasteiger partial charge in [-0.2, -0.15) is 0 Å². The van der Waals surface area contributed by atoms with Crippen molar-refractivity contribution in [1.82, 2.24) is 9.80 Å². The molecule has 1 unspecified atom stereocenters. The Hall–Kier alpha value is -2.21. The molecule has 1 aliphatic rings. The molecule has 0 radical (unpaired) electrons. The van der Waals surface area contributed by atoms with Gasteiger partial charge in [-0.25, -0.2) is 0 Å². The van der Waals surface area contributed by atoms with Crippen molar-refractivity contribution in [2.45, 2.75) is 19.4 Å². The predicted octanol–water partition coefficient (Wildman–Crippen LogP) is 3.19. The Morgan fingerprint density at radius 3 is 2.11 bits per heavy atom. The van der Waals surface area contributed by atoms with Gasteiger partial charge in [0.05, 0.1) is 13.0 Å². The Bertz CT molecular complexity index is 725. The number of hydrogen-bond donors (Lipinski definition) is 1. The van der Waals surface area contributed by atoms with Crippen LogP contribution in [-0.2, 0) is 9.53 Å². The number of carbonyl (C=O) groups is 1. The van der Waals surface area contributed by atoms with Crippen LogP contribution in [0.5, 0.6) is 0 Å². The van der Waals surface area contributed by atoms with E-state index in [1.54, 1.807) is 0 Å². The van der Waals surface area contributed by atoms with Gasteiger partial charge in [0.15, 0.2) is 0 Å². The van der Waals surface area contributed by atoms with E-state index in [4.69, 9.17) is 9.84 Å². The lowest BCUT2D eigenvalue weighted by atomic mass is 10.0. The molecule has 1 atom stereocenters. The molecule has 28 heavy (non-hydrogen) atoms. The lowest BCUT2D eigenvalue weighted by Gasteiger charge is -2.34. The Kier molecular flexibility index (Phi) is 7.60. The molecule has 1 fully saturated rings. The molecule has 5 heteroatoms. The van der Waals surface area contributed by atoms with Crippen LogP contribution in [0.2, 0.25) is 0 Å². The number of carboxylic acid groups (broad SMARTS) is 1. The van der Waals surface area contributed by atoms with Crippen LogP contribution in [0.3, 0.4) is 0 Å². The number of benzene rings is 2. The highest BCUT2D eigenvalue weighted by Crippen LogP contribution is 2.26. The Balaban J connectivity index is 1.51. The number of hydrogen-bond acceptors (Lipinski definition) is 4. The first-order chi connectivity index (χ1) is 13.6. The van der Waals surface area contributed by atoms with E-state index < -0.39 is 5.97 Å². The van der Waals surface area contributed by atoms with Crippen molar-refractivity contribution < 1.29 is 14.6 Å². The minimum atomic E-state index is -0.723. The van der Waals surface area contributed by atoms with E-state index in [2.05, 4.69) is 65.3 Å². The molecule has 0 bridgehead atoms. The molecule has 0 spiro atoms. The molecule has 150 valence electrons. The fourth-order valence-corrected chi connectivity index (χ4v) is 3.54. The summed E-state index contributed by atoms with van der Waals surface area (Å²) in [5, 5.41) is 8.81. The maximum Gasteiger partial charge on any atom is 0.304 e. The lowest BCUT2D eigenvalue weighted by molar-refractivity contribution is -0.137. The summed E-state index contributed by atoms with van der Waals surface area (Å²) in [6.07, 6.45) is 0.164. The first-order valence-corrected chi connectivity index (χ1v) is 10.0. The quantitative estimate of drug-likeness (QED) is 0.722. The van der Waals surface area contributed by atoms with E-state index >= 15 is 0 Å². The van der Waals surface area contributed by atoms with Gasteiger partial charge in [-0.3, -0.25) is 9.69 Å². The van der Waals surface area contributed by atoms with Gasteiger partial charge >= 0.3 is 5.97 Å². The lowest BCUT2D eigenvalue weighted by Crippen LogP contribution is -2.47. The van der Waals surface area contributed by atoms with E-state index in [1.165, 1.54) is 16.7 Å². The number of aryl methyl sites for hydroxylation is 1. The van der Waals surface area contributed by atoms with Gasteiger partial charge in [0.1, 0.15) is 6.10 Å². The van der Waals surface area contributed by atoms with Crippen LogP contribution >= 0.6 is 0 Å².